The molecular weight excluding hydrogens is 1080 g/mol. The number of benzene rings is 10. The predicted octanol–water partition coefficient (Wildman–Crippen LogP) is 26.5. The zero-order valence-electron chi connectivity index (χ0n) is 57.8. The fraction of sp³-hybridized carbons (Fsp3) is 0.326. The van der Waals surface area contributed by atoms with Gasteiger partial charge in [0.1, 0.15) is 0 Å². The zero-order chi connectivity index (χ0) is 64.6. The molecule has 15 rings (SSSR count). The molecule has 10 aromatic carbocycles. The molecule has 0 N–H and O–H groups in total. The van der Waals surface area contributed by atoms with Gasteiger partial charge in [-0.3, -0.25) is 0 Å². The number of hydrogen-bond donors (Lipinski definition) is 0. The van der Waals surface area contributed by atoms with Gasteiger partial charge in [0.05, 0.1) is 10.8 Å². The molecule has 0 radical (unpaired) electrons. The smallest absolute Gasteiger partial charge is 0.0719 e. The van der Waals surface area contributed by atoms with Gasteiger partial charge in [0.25, 0.3) is 0 Å². The van der Waals surface area contributed by atoms with Gasteiger partial charge in [0, 0.05) is 18.8 Å². The van der Waals surface area contributed by atoms with Gasteiger partial charge in [-0.1, -0.05) is 366 Å². The largest absolute Gasteiger partial charge is 0.363 e. The summed E-state index contributed by atoms with van der Waals surface area (Å²) < 4.78 is 0. The number of anilines is 1. The first kappa shape index (κ1) is 76.2. The molecule has 0 bridgehead atoms. The van der Waals surface area contributed by atoms with Crippen LogP contribution in [0.5, 0.6) is 0 Å². The minimum atomic E-state index is -0.430. The van der Waals surface area contributed by atoms with Crippen molar-refractivity contribution in [2.24, 2.45) is 0 Å². The van der Waals surface area contributed by atoms with Crippen molar-refractivity contribution in [1.82, 2.24) is 0 Å². The van der Waals surface area contributed by atoms with Gasteiger partial charge >= 0.3 is 0 Å². The lowest BCUT2D eigenvalue weighted by Crippen LogP contribution is -2.35. The summed E-state index contributed by atoms with van der Waals surface area (Å²) in [5.41, 5.74) is 31.0. The van der Waals surface area contributed by atoms with Crippen molar-refractivity contribution in [3.05, 3.63) is 313 Å². The number of hydrogen-bond acceptors (Lipinski definition) is 1. The molecule has 0 saturated carbocycles. The van der Waals surface area contributed by atoms with E-state index < -0.39 is 10.8 Å². The van der Waals surface area contributed by atoms with Crippen molar-refractivity contribution in [3.8, 4) is 33.4 Å². The van der Waals surface area contributed by atoms with Crippen molar-refractivity contribution in [1.29, 1.82) is 0 Å². The van der Waals surface area contributed by atoms with Crippen LogP contribution >= 0.6 is 0 Å². The lowest BCUT2D eigenvalue weighted by Gasteiger charge is -2.41. The monoisotopic (exact) mass is 1200 g/mol. The van der Waals surface area contributed by atoms with Crippen LogP contribution in [0.2, 0.25) is 0 Å². The summed E-state index contributed by atoms with van der Waals surface area (Å²) in [5.74, 6) is 0. The van der Waals surface area contributed by atoms with Crippen LogP contribution in [-0.2, 0) is 43.2 Å². The summed E-state index contributed by atoms with van der Waals surface area (Å²) in [7, 11) is 0. The van der Waals surface area contributed by atoms with E-state index in [1.807, 2.05) is 138 Å². The number of fused-ring (bicyclic) bond motifs is 21. The Morgan fingerprint density at radius 3 is 0.989 bits per heavy atom. The Labute approximate surface area is 550 Å². The number of nitrogens with zero attached hydrogens (tertiary/aromatic N) is 1. The van der Waals surface area contributed by atoms with E-state index >= 15 is 0 Å². The molecule has 2 spiro atoms. The van der Waals surface area contributed by atoms with E-state index in [0.29, 0.717) is 0 Å². The highest BCUT2D eigenvalue weighted by Crippen LogP contribution is 2.61. The van der Waals surface area contributed by atoms with Crippen molar-refractivity contribution in [2.75, 3.05) is 4.90 Å². The lowest BCUT2D eigenvalue weighted by atomic mass is 9.61. The Balaban J connectivity index is 0.000000883. The summed E-state index contributed by atoms with van der Waals surface area (Å²) in [6.45, 7) is 41.5. The van der Waals surface area contributed by atoms with E-state index in [2.05, 4.69) is 229 Å². The third kappa shape index (κ3) is 13.4. The third-order valence-corrected chi connectivity index (χ3v) is 16.6. The Bertz CT molecular complexity index is 3660. The SMILES string of the molecule is C.C.CC.CC.CC.CC.CC.CC.CC.CC.CC.CC.c1ccc2c(c1)Cc1cccc(CN(Cc3ccc4c(c3)C3(c5ccccc5C4)c4ccccc4-c4ccccc43)c3ccc4c(c3)C3(c5ccccc5C4)c4ccccc4-c4ccccc43)c1-2. The quantitative estimate of drug-likeness (QED) is 0.166. The normalized spacial score (nSPS) is 12.0. The highest BCUT2D eigenvalue weighted by atomic mass is 15.1. The predicted molar refractivity (Wildman–Crippen MR) is 405 cm³/mol. The maximum absolute atomic E-state index is 2.69. The fourth-order valence-electron chi connectivity index (χ4n) is 14.0. The molecule has 0 aliphatic heterocycles. The fourth-order valence-corrected chi connectivity index (χ4v) is 14.0. The molecular formula is C89H115N. The van der Waals surface area contributed by atoms with Gasteiger partial charge in [-0.05, 0) is 154 Å². The van der Waals surface area contributed by atoms with E-state index in [1.54, 1.807) is 0 Å². The van der Waals surface area contributed by atoms with E-state index in [-0.39, 0.29) is 14.9 Å². The van der Waals surface area contributed by atoms with Crippen molar-refractivity contribution >= 4 is 5.69 Å². The molecule has 90 heavy (non-hydrogen) atoms. The molecule has 0 unspecified atom stereocenters. The van der Waals surface area contributed by atoms with Gasteiger partial charge in [0.15, 0.2) is 0 Å². The Hall–Kier alpha value is -8.00. The molecule has 0 saturated heterocycles. The minimum Gasteiger partial charge on any atom is -0.363 e. The van der Waals surface area contributed by atoms with Crippen LogP contribution in [0.4, 0.5) is 5.69 Å². The van der Waals surface area contributed by atoms with Gasteiger partial charge in [-0.15, -0.1) is 0 Å². The zero-order valence-corrected chi connectivity index (χ0v) is 57.8. The van der Waals surface area contributed by atoms with Crippen LogP contribution in [0.15, 0.2) is 224 Å². The molecule has 5 aliphatic carbocycles. The first-order valence-electron chi connectivity index (χ1n) is 34.4. The standard InChI is InChI=1S/C67H47N.10C2H6.2CH4/c1-4-21-52-44(16-1)37-49-19-15-20-50(65(49)52)42-68(51-35-34-48-39-46-18-3-10-27-58(46)67(64(48)40-51)61-30-13-7-24-55(61)56-25-8-14-31-62(56)67)41-43-32-33-47-38-45-17-2-9-26-57(45)66(63(47)36-43)59-28-11-5-22-53(59)54-23-6-12-29-60(54)66;10*1-2;;/h1-36,40H,37-39,41-42H2;10*1-2H3;2*1H4. The second-order valence-corrected chi connectivity index (χ2v) is 19.8. The first-order valence-corrected chi connectivity index (χ1v) is 34.4. The van der Waals surface area contributed by atoms with Gasteiger partial charge < -0.3 is 4.90 Å². The molecule has 0 amide bonds. The average Bonchev–Trinajstić information content (AvgIpc) is 1.38. The Kier molecular flexibility index (Phi) is 31.5. The molecule has 1 heteroatoms. The maximum atomic E-state index is 2.69. The third-order valence-electron chi connectivity index (χ3n) is 16.6. The van der Waals surface area contributed by atoms with Crippen molar-refractivity contribution < 1.29 is 0 Å². The summed E-state index contributed by atoms with van der Waals surface area (Å²) in [5, 5.41) is 0. The van der Waals surface area contributed by atoms with Gasteiger partial charge in [-0.2, -0.15) is 0 Å². The maximum Gasteiger partial charge on any atom is 0.0719 e. The second kappa shape index (κ2) is 37.2. The molecule has 476 valence electrons. The van der Waals surface area contributed by atoms with Crippen LogP contribution in [0.25, 0.3) is 33.4 Å². The molecule has 5 aliphatic rings. The second-order valence-electron chi connectivity index (χ2n) is 19.8. The van der Waals surface area contributed by atoms with Gasteiger partial charge in [-0.25, -0.2) is 0 Å². The Morgan fingerprint density at radius 2 is 0.567 bits per heavy atom. The van der Waals surface area contributed by atoms with Crippen LogP contribution in [-0.4, -0.2) is 0 Å². The molecule has 0 atom stereocenters. The summed E-state index contributed by atoms with van der Waals surface area (Å²) >= 11 is 0. The van der Waals surface area contributed by atoms with Crippen LogP contribution < -0.4 is 4.90 Å². The van der Waals surface area contributed by atoms with E-state index in [0.717, 1.165) is 32.4 Å². The molecule has 1 nitrogen and oxygen atoms in total. The van der Waals surface area contributed by atoms with Crippen molar-refractivity contribution in [2.45, 2.75) is 197 Å². The average molecular weight is 1200 g/mol. The summed E-state index contributed by atoms with van der Waals surface area (Å²) in [6, 6.07) is 86.3. The van der Waals surface area contributed by atoms with Gasteiger partial charge in [0.2, 0.25) is 0 Å². The molecule has 0 heterocycles. The summed E-state index contributed by atoms with van der Waals surface area (Å²) in [4.78, 5) is 2.69. The van der Waals surface area contributed by atoms with Crippen LogP contribution in [0.1, 0.15) is 242 Å². The highest BCUT2D eigenvalue weighted by Gasteiger charge is 2.51. The molecule has 10 aromatic rings. The van der Waals surface area contributed by atoms with Crippen LogP contribution in [0, 0.1) is 0 Å². The minimum absolute atomic E-state index is 0. The highest BCUT2D eigenvalue weighted by molar-refractivity contribution is 5.90. The Morgan fingerprint density at radius 1 is 0.256 bits per heavy atom. The van der Waals surface area contributed by atoms with Crippen LogP contribution in [0.3, 0.4) is 0 Å². The first-order chi connectivity index (χ1) is 43.7. The number of rotatable bonds is 5. The lowest BCUT2D eigenvalue weighted by molar-refractivity contribution is 0.712. The molecule has 0 aromatic heterocycles. The van der Waals surface area contributed by atoms with E-state index in [1.165, 1.54) is 128 Å². The van der Waals surface area contributed by atoms with E-state index in [4.69, 9.17) is 0 Å². The van der Waals surface area contributed by atoms with E-state index in [9.17, 15) is 0 Å². The molecule has 0 fully saturated rings. The van der Waals surface area contributed by atoms with Crippen molar-refractivity contribution in [3.63, 3.8) is 0 Å². The topological polar surface area (TPSA) is 3.24 Å². The summed E-state index contributed by atoms with van der Waals surface area (Å²) in [6.07, 6.45) is 2.82.